The molecule has 3 nitrogen and oxygen atoms in total. The SMILES string of the molecule is COc1cc(C)c(CC(C)(C)N)c(O)c1C. The Labute approximate surface area is 97.2 Å². The van der Waals surface area contributed by atoms with Gasteiger partial charge in [-0.1, -0.05) is 0 Å². The Kier molecular flexibility index (Phi) is 3.48. The van der Waals surface area contributed by atoms with Gasteiger partial charge in [0.25, 0.3) is 0 Å². The molecule has 1 aromatic rings. The molecular formula is C13H21NO2. The van der Waals surface area contributed by atoms with Gasteiger partial charge in [0.2, 0.25) is 0 Å². The van der Waals surface area contributed by atoms with Crippen LogP contribution in [0.4, 0.5) is 0 Å². The Bertz CT molecular complexity index is 392. The minimum Gasteiger partial charge on any atom is -0.507 e. The lowest BCUT2D eigenvalue weighted by Crippen LogP contribution is -2.34. The molecule has 0 aliphatic rings. The van der Waals surface area contributed by atoms with Gasteiger partial charge in [-0.15, -0.1) is 0 Å². The van der Waals surface area contributed by atoms with Crippen LogP contribution in [0.2, 0.25) is 0 Å². The summed E-state index contributed by atoms with van der Waals surface area (Å²) < 4.78 is 5.20. The number of nitrogens with two attached hydrogens (primary N) is 1. The maximum Gasteiger partial charge on any atom is 0.125 e. The number of methoxy groups -OCH3 is 1. The summed E-state index contributed by atoms with van der Waals surface area (Å²) >= 11 is 0. The van der Waals surface area contributed by atoms with E-state index in [4.69, 9.17) is 10.5 Å². The van der Waals surface area contributed by atoms with Gasteiger partial charge in [0.05, 0.1) is 7.11 Å². The second-order valence-electron chi connectivity index (χ2n) is 5.01. The van der Waals surface area contributed by atoms with E-state index in [0.717, 1.165) is 16.7 Å². The number of ether oxygens (including phenoxy) is 1. The van der Waals surface area contributed by atoms with Crippen LogP contribution in [0.15, 0.2) is 6.07 Å². The van der Waals surface area contributed by atoms with Crippen LogP contribution in [0.1, 0.15) is 30.5 Å². The highest BCUT2D eigenvalue weighted by atomic mass is 16.5. The van der Waals surface area contributed by atoms with Gasteiger partial charge in [0.1, 0.15) is 11.5 Å². The van der Waals surface area contributed by atoms with Crippen LogP contribution in [0.5, 0.6) is 11.5 Å². The molecule has 0 aliphatic heterocycles. The topological polar surface area (TPSA) is 55.5 Å². The summed E-state index contributed by atoms with van der Waals surface area (Å²) in [7, 11) is 1.60. The van der Waals surface area contributed by atoms with Gasteiger partial charge in [-0.25, -0.2) is 0 Å². The Morgan fingerprint density at radius 2 is 1.94 bits per heavy atom. The summed E-state index contributed by atoms with van der Waals surface area (Å²) in [5.74, 6) is 1.02. The van der Waals surface area contributed by atoms with E-state index in [1.165, 1.54) is 0 Å². The monoisotopic (exact) mass is 223 g/mol. The van der Waals surface area contributed by atoms with Crippen molar-refractivity contribution in [3.8, 4) is 11.5 Å². The van der Waals surface area contributed by atoms with Crippen molar-refractivity contribution < 1.29 is 9.84 Å². The Hall–Kier alpha value is -1.22. The largest absolute Gasteiger partial charge is 0.507 e. The van der Waals surface area contributed by atoms with E-state index in [2.05, 4.69) is 0 Å². The van der Waals surface area contributed by atoms with Crippen LogP contribution in [0.25, 0.3) is 0 Å². The van der Waals surface area contributed by atoms with E-state index in [1.807, 2.05) is 33.8 Å². The molecule has 1 aromatic carbocycles. The predicted octanol–water partition coefficient (Wildman–Crippen LogP) is 2.30. The molecule has 0 saturated carbocycles. The van der Waals surface area contributed by atoms with E-state index in [0.29, 0.717) is 17.9 Å². The molecule has 0 saturated heterocycles. The molecule has 0 radical (unpaired) electrons. The molecule has 0 bridgehead atoms. The molecule has 0 heterocycles. The summed E-state index contributed by atoms with van der Waals surface area (Å²) in [5, 5.41) is 10.1. The Balaban J connectivity index is 3.26. The maximum absolute atomic E-state index is 10.1. The first kappa shape index (κ1) is 12.8. The molecule has 1 rings (SSSR count). The normalized spacial score (nSPS) is 11.6. The number of rotatable bonds is 3. The summed E-state index contributed by atoms with van der Waals surface area (Å²) in [6.07, 6.45) is 0.648. The van der Waals surface area contributed by atoms with E-state index >= 15 is 0 Å². The molecule has 0 aromatic heterocycles. The van der Waals surface area contributed by atoms with E-state index < -0.39 is 0 Å². The van der Waals surface area contributed by atoms with E-state index in [-0.39, 0.29) is 5.54 Å². The number of phenolic OH excluding ortho intramolecular Hbond substituents is 1. The van der Waals surface area contributed by atoms with Crippen molar-refractivity contribution in [2.24, 2.45) is 5.73 Å². The zero-order valence-corrected chi connectivity index (χ0v) is 10.7. The van der Waals surface area contributed by atoms with Crippen LogP contribution in [-0.2, 0) is 6.42 Å². The van der Waals surface area contributed by atoms with Gasteiger partial charge < -0.3 is 15.6 Å². The first-order valence-electron chi connectivity index (χ1n) is 5.41. The molecule has 0 fully saturated rings. The third-order valence-electron chi connectivity index (χ3n) is 2.69. The van der Waals surface area contributed by atoms with Gasteiger partial charge >= 0.3 is 0 Å². The molecule has 90 valence electrons. The fraction of sp³-hybridized carbons (Fsp3) is 0.538. The van der Waals surface area contributed by atoms with Crippen LogP contribution in [0, 0.1) is 13.8 Å². The van der Waals surface area contributed by atoms with E-state index in [9.17, 15) is 5.11 Å². The smallest absolute Gasteiger partial charge is 0.125 e. The zero-order valence-electron chi connectivity index (χ0n) is 10.7. The fourth-order valence-electron chi connectivity index (χ4n) is 1.81. The van der Waals surface area contributed by atoms with Crippen molar-refractivity contribution in [3.63, 3.8) is 0 Å². The van der Waals surface area contributed by atoms with Crippen LogP contribution < -0.4 is 10.5 Å². The second kappa shape index (κ2) is 4.34. The highest BCUT2D eigenvalue weighted by molar-refractivity contribution is 5.52. The summed E-state index contributed by atoms with van der Waals surface area (Å²) in [4.78, 5) is 0. The molecular weight excluding hydrogens is 202 g/mol. The second-order valence-corrected chi connectivity index (χ2v) is 5.01. The minimum absolute atomic E-state index is 0.301. The lowest BCUT2D eigenvalue weighted by atomic mass is 9.91. The first-order valence-corrected chi connectivity index (χ1v) is 5.41. The van der Waals surface area contributed by atoms with Crippen molar-refractivity contribution in [2.45, 2.75) is 39.7 Å². The van der Waals surface area contributed by atoms with Crippen LogP contribution >= 0.6 is 0 Å². The zero-order chi connectivity index (χ0) is 12.5. The van der Waals surface area contributed by atoms with Crippen molar-refractivity contribution in [1.82, 2.24) is 0 Å². The Morgan fingerprint density at radius 1 is 1.38 bits per heavy atom. The molecule has 0 amide bonds. The molecule has 3 heteroatoms. The average Bonchev–Trinajstić information content (AvgIpc) is 2.17. The molecule has 16 heavy (non-hydrogen) atoms. The highest BCUT2D eigenvalue weighted by Crippen LogP contribution is 2.34. The molecule has 0 atom stereocenters. The first-order chi connectivity index (χ1) is 7.26. The van der Waals surface area contributed by atoms with Gasteiger partial charge in [0, 0.05) is 11.1 Å². The summed E-state index contributed by atoms with van der Waals surface area (Å²) in [6.45, 7) is 7.71. The van der Waals surface area contributed by atoms with Crippen LogP contribution in [0.3, 0.4) is 0 Å². The number of benzene rings is 1. The fourth-order valence-corrected chi connectivity index (χ4v) is 1.81. The Morgan fingerprint density at radius 3 is 2.38 bits per heavy atom. The third-order valence-corrected chi connectivity index (χ3v) is 2.69. The summed E-state index contributed by atoms with van der Waals surface area (Å²) in [5.41, 5.74) is 8.34. The third kappa shape index (κ3) is 2.67. The van der Waals surface area contributed by atoms with Crippen molar-refractivity contribution >= 4 is 0 Å². The molecule has 3 N–H and O–H groups in total. The molecule has 0 spiro atoms. The number of hydrogen-bond donors (Lipinski definition) is 2. The molecule has 0 aliphatic carbocycles. The van der Waals surface area contributed by atoms with Gasteiger partial charge in [0.15, 0.2) is 0 Å². The van der Waals surface area contributed by atoms with Crippen molar-refractivity contribution in [1.29, 1.82) is 0 Å². The average molecular weight is 223 g/mol. The number of aromatic hydroxyl groups is 1. The number of hydrogen-bond acceptors (Lipinski definition) is 3. The van der Waals surface area contributed by atoms with Gasteiger partial charge in [-0.3, -0.25) is 0 Å². The van der Waals surface area contributed by atoms with E-state index in [1.54, 1.807) is 7.11 Å². The highest BCUT2D eigenvalue weighted by Gasteiger charge is 2.19. The van der Waals surface area contributed by atoms with Crippen molar-refractivity contribution in [3.05, 3.63) is 22.8 Å². The number of aryl methyl sites for hydroxylation is 1. The maximum atomic E-state index is 10.1. The summed E-state index contributed by atoms with van der Waals surface area (Å²) in [6, 6.07) is 1.94. The predicted molar refractivity (Wildman–Crippen MR) is 66.1 cm³/mol. The van der Waals surface area contributed by atoms with Crippen LogP contribution in [-0.4, -0.2) is 17.8 Å². The minimum atomic E-state index is -0.330. The van der Waals surface area contributed by atoms with Gasteiger partial charge in [-0.2, -0.15) is 0 Å². The quantitative estimate of drug-likeness (QED) is 0.826. The number of phenols is 1. The van der Waals surface area contributed by atoms with Gasteiger partial charge in [-0.05, 0) is 51.3 Å². The lowest BCUT2D eigenvalue weighted by molar-refractivity contribution is 0.398. The standard InChI is InChI=1S/C13H21NO2/c1-8-6-11(16-5)9(2)12(15)10(8)7-13(3,4)14/h6,15H,7,14H2,1-5H3. The lowest BCUT2D eigenvalue weighted by Gasteiger charge is -2.22. The molecule has 0 unspecified atom stereocenters. The van der Waals surface area contributed by atoms with Crippen molar-refractivity contribution in [2.75, 3.05) is 7.11 Å².